The van der Waals surface area contributed by atoms with Crippen molar-refractivity contribution in [1.29, 1.82) is 0 Å². The molecule has 0 bridgehead atoms. The van der Waals surface area contributed by atoms with Crippen LogP contribution < -0.4 is 0 Å². The number of carbonyl (C=O) groups excluding carboxylic acids is 1. The minimum absolute atomic E-state index is 0.173. The average molecular weight is 230 g/mol. The number of benzene rings is 1. The van der Waals surface area contributed by atoms with E-state index in [0.29, 0.717) is 0 Å². The van der Waals surface area contributed by atoms with E-state index in [0.717, 1.165) is 7.11 Å². The van der Waals surface area contributed by atoms with Crippen LogP contribution in [0.15, 0.2) is 30.3 Å². The first-order valence-corrected chi connectivity index (χ1v) is 5.56. The van der Waals surface area contributed by atoms with Gasteiger partial charge in [0, 0.05) is 0 Å². The molecule has 0 fully saturated rings. The number of rotatable bonds is 3. The summed E-state index contributed by atoms with van der Waals surface area (Å²) in [6.45, 7) is 0. The summed E-state index contributed by atoms with van der Waals surface area (Å²) in [5, 5.41) is -1.68. The maximum absolute atomic E-state index is 11.2. The normalized spacial score (nSPS) is 13.2. The van der Waals surface area contributed by atoms with Gasteiger partial charge in [-0.2, -0.15) is 8.42 Å². The van der Waals surface area contributed by atoms with E-state index < -0.39 is 21.3 Å². The monoisotopic (exact) mass is 230 g/mol. The Morgan fingerprint density at radius 1 is 1.33 bits per heavy atom. The summed E-state index contributed by atoms with van der Waals surface area (Å²) in [5.41, 5.74) is 0.173. The second-order valence-corrected chi connectivity index (χ2v) is 4.33. The predicted molar refractivity (Wildman–Crippen MR) is 52.7 cm³/mol. The van der Waals surface area contributed by atoms with Crippen LogP contribution in [0.4, 0.5) is 0 Å². The lowest BCUT2D eigenvalue weighted by atomic mass is 10.1. The molecule has 0 aliphatic carbocycles. The predicted octanol–water partition coefficient (Wildman–Crippen LogP) is 0.788. The Morgan fingerprint density at radius 3 is 2.27 bits per heavy atom. The van der Waals surface area contributed by atoms with E-state index >= 15 is 0 Å². The molecule has 1 unspecified atom stereocenters. The molecule has 82 valence electrons. The Morgan fingerprint density at radius 2 is 1.87 bits per heavy atom. The van der Waals surface area contributed by atoms with Crippen LogP contribution >= 0.6 is 0 Å². The van der Waals surface area contributed by atoms with Gasteiger partial charge in [0.25, 0.3) is 10.1 Å². The van der Waals surface area contributed by atoms with E-state index in [2.05, 4.69) is 4.74 Å². The Labute approximate surface area is 87.4 Å². The third-order valence-corrected chi connectivity index (χ3v) is 2.88. The quantitative estimate of drug-likeness (QED) is 0.613. The van der Waals surface area contributed by atoms with Gasteiger partial charge in [-0.15, -0.1) is 0 Å². The van der Waals surface area contributed by atoms with E-state index in [1.54, 1.807) is 18.2 Å². The van der Waals surface area contributed by atoms with Gasteiger partial charge in [0.15, 0.2) is 0 Å². The Hall–Kier alpha value is -1.40. The summed E-state index contributed by atoms with van der Waals surface area (Å²) in [6, 6.07) is 7.65. The van der Waals surface area contributed by atoms with Crippen molar-refractivity contribution in [3.63, 3.8) is 0 Å². The molecule has 0 aliphatic rings. The summed E-state index contributed by atoms with van der Waals surface area (Å²) in [4.78, 5) is 11.2. The smallest absolute Gasteiger partial charge is 0.331 e. The summed E-state index contributed by atoms with van der Waals surface area (Å²) in [7, 11) is -3.44. The molecule has 1 N–H and O–H groups in total. The highest BCUT2D eigenvalue weighted by Crippen LogP contribution is 2.22. The molecule has 1 atom stereocenters. The zero-order chi connectivity index (χ0) is 11.5. The summed E-state index contributed by atoms with van der Waals surface area (Å²) in [5.74, 6) is -1.01. The van der Waals surface area contributed by atoms with Gasteiger partial charge in [-0.25, -0.2) is 0 Å². The minimum Gasteiger partial charge on any atom is -0.468 e. The number of esters is 1. The molecule has 1 aromatic rings. The fraction of sp³-hybridized carbons (Fsp3) is 0.222. The first-order valence-electron chi connectivity index (χ1n) is 4.06. The van der Waals surface area contributed by atoms with E-state index in [9.17, 15) is 13.2 Å². The van der Waals surface area contributed by atoms with Gasteiger partial charge in [0.2, 0.25) is 5.25 Å². The molecule has 0 saturated heterocycles. The highest BCUT2D eigenvalue weighted by atomic mass is 32.2. The molecule has 0 heterocycles. The first kappa shape index (κ1) is 11.7. The van der Waals surface area contributed by atoms with Crippen molar-refractivity contribution in [3.05, 3.63) is 35.9 Å². The largest absolute Gasteiger partial charge is 0.468 e. The van der Waals surface area contributed by atoms with Gasteiger partial charge in [0.1, 0.15) is 0 Å². The van der Waals surface area contributed by atoms with Crippen LogP contribution in [0.2, 0.25) is 0 Å². The van der Waals surface area contributed by atoms with Crippen LogP contribution in [0.3, 0.4) is 0 Å². The highest BCUT2D eigenvalue weighted by Gasteiger charge is 2.33. The van der Waals surface area contributed by atoms with Gasteiger partial charge >= 0.3 is 5.97 Å². The summed E-state index contributed by atoms with van der Waals surface area (Å²) < 4.78 is 35.2. The molecule has 0 amide bonds. The number of hydrogen-bond donors (Lipinski definition) is 1. The third-order valence-electron chi connectivity index (χ3n) is 1.82. The molecule has 0 aliphatic heterocycles. The molecule has 15 heavy (non-hydrogen) atoms. The van der Waals surface area contributed by atoms with Crippen molar-refractivity contribution in [2.24, 2.45) is 0 Å². The standard InChI is InChI=1S/C9H10O5S/c1-14-9(10)8(15(11,12)13)7-5-3-2-4-6-7/h2-6,8H,1H3,(H,11,12,13). The van der Waals surface area contributed by atoms with Crippen LogP contribution in [0.5, 0.6) is 0 Å². The lowest BCUT2D eigenvalue weighted by molar-refractivity contribution is -0.140. The lowest BCUT2D eigenvalue weighted by Crippen LogP contribution is -2.22. The Balaban J connectivity index is 3.20. The molecule has 6 heteroatoms. The van der Waals surface area contributed by atoms with Crippen LogP contribution in [0.1, 0.15) is 10.8 Å². The van der Waals surface area contributed by atoms with Gasteiger partial charge < -0.3 is 4.74 Å². The molecule has 0 saturated carbocycles. The van der Waals surface area contributed by atoms with Gasteiger partial charge in [-0.1, -0.05) is 30.3 Å². The zero-order valence-electron chi connectivity index (χ0n) is 7.95. The van der Waals surface area contributed by atoms with Crippen molar-refractivity contribution in [2.45, 2.75) is 5.25 Å². The van der Waals surface area contributed by atoms with Crippen LogP contribution in [-0.4, -0.2) is 26.0 Å². The van der Waals surface area contributed by atoms with Gasteiger partial charge in [0.05, 0.1) is 7.11 Å². The molecule has 0 radical (unpaired) electrons. The molecule has 1 rings (SSSR count). The number of carbonyl (C=O) groups is 1. The van der Waals surface area contributed by atoms with Crippen LogP contribution in [-0.2, 0) is 19.6 Å². The summed E-state index contributed by atoms with van der Waals surface area (Å²) in [6.07, 6.45) is 0. The maximum Gasteiger partial charge on any atom is 0.331 e. The Bertz CT molecular complexity index is 437. The lowest BCUT2D eigenvalue weighted by Gasteiger charge is -2.11. The topological polar surface area (TPSA) is 80.7 Å². The van der Waals surface area contributed by atoms with Gasteiger partial charge in [-0.3, -0.25) is 9.35 Å². The van der Waals surface area contributed by atoms with E-state index in [1.165, 1.54) is 12.1 Å². The van der Waals surface area contributed by atoms with E-state index in [1.807, 2.05) is 0 Å². The number of hydrogen-bond acceptors (Lipinski definition) is 4. The maximum atomic E-state index is 11.2. The molecular formula is C9H10O5S. The van der Waals surface area contributed by atoms with Gasteiger partial charge in [-0.05, 0) is 5.56 Å². The fourth-order valence-corrected chi connectivity index (χ4v) is 2.01. The van der Waals surface area contributed by atoms with Crippen LogP contribution in [0.25, 0.3) is 0 Å². The fourth-order valence-electron chi connectivity index (χ4n) is 1.16. The molecule has 0 aromatic heterocycles. The minimum atomic E-state index is -4.50. The second-order valence-electron chi connectivity index (χ2n) is 2.83. The van der Waals surface area contributed by atoms with Crippen molar-refractivity contribution in [1.82, 2.24) is 0 Å². The van der Waals surface area contributed by atoms with Crippen LogP contribution in [0, 0.1) is 0 Å². The molecule has 1 aromatic carbocycles. The molecular weight excluding hydrogens is 220 g/mol. The Kier molecular flexibility index (Phi) is 3.43. The summed E-state index contributed by atoms with van der Waals surface area (Å²) >= 11 is 0. The SMILES string of the molecule is COC(=O)C(c1ccccc1)S(=O)(=O)O. The highest BCUT2D eigenvalue weighted by molar-refractivity contribution is 7.86. The van der Waals surface area contributed by atoms with Crippen molar-refractivity contribution in [3.8, 4) is 0 Å². The second kappa shape index (κ2) is 4.41. The van der Waals surface area contributed by atoms with E-state index in [-0.39, 0.29) is 5.56 Å². The van der Waals surface area contributed by atoms with Crippen molar-refractivity contribution in [2.75, 3.05) is 7.11 Å². The molecule has 0 spiro atoms. The van der Waals surface area contributed by atoms with Crippen molar-refractivity contribution < 1.29 is 22.5 Å². The third kappa shape index (κ3) is 2.77. The zero-order valence-corrected chi connectivity index (χ0v) is 8.77. The molecule has 5 nitrogen and oxygen atoms in total. The first-order chi connectivity index (χ1) is 6.96. The number of methoxy groups -OCH3 is 1. The van der Waals surface area contributed by atoms with E-state index in [4.69, 9.17) is 4.55 Å². The average Bonchev–Trinajstić information content (AvgIpc) is 2.17. The number of ether oxygens (including phenoxy) is 1. The van der Waals surface area contributed by atoms with Crippen molar-refractivity contribution >= 4 is 16.1 Å².